The fourth-order valence-corrected chi connectivity index (χ4v) is 1.14. The molecule has 0 radical (unpaired) electrons. The Morgan fingerprint density at radius 2 is 0.947 bits per heavy atom. The first-order chi connectivity index (χ1) is 7.25. The van der Waals surface area contributed by atoms with Crippen molar-refractivity contribution in [2.45, 2.75) is 51.6 Å². The van der Waals surface area contributed by atoms with Crippen LogP contribution in [0, 0.1) is 0 Å². The van der Waals surface area contributed by atoms with E-state index in [4.69, 9.17) is 31.3 Å². The van der Waals surface area contributed by atoms with Crippen LogP contribution in [0.1, 0.15) is 39.5 Å². The standard InChI is InChI=1S/C6H14N2.2C2H4O2.2ClH.Pt/c7-5-1-2-6(8)4-3-5;2*1-2(3)4;;;/h5-6H,1-4,7-8H2;2*1H3,(H,3,4);2*1H;/q;;;;;+4/p-4. The molecule has 0 saturated heterocycles. The minimum atomic E-state index is -1.08. The Bertz CT molecular complexity index is 186. The van der Waals surface area contributed by atoms with Crippen molar-refractivity contribution in [1.82, 2.24) is 0 Å². The molecule has 9 heteroatoms. The van der Waals surface area contributed by atoms with Gasteiger partial charge in [0.2, 0.25) is 0 Å². The first-order valence-electron chi connectivity index (χ1n) is 5.12. The van der Waals surface area contributed by atoms with E-state index in [1.807, 2.05) is 0 Å². The second kappa shape index (κ2) is 20.4. The number of hydrogen-bond acceptors (Lipinski definition) is 6. The maximum absolute atomic E-state index is 8.89. The van der Waals surface area contributed by atoms with Gasteiger partial charge in [-0.05, 0) is 39.5 Å². The molecule has 6 nitrogen and oxygen atoms in total. The van der Waals surface area contributed by atoms with Gasteiger partial charge in [0.15, 0.2) is 0 Å². The third-order valence-electron chi connectivity index (χ3n) is 1.82. The number of carboxylic acids is 2. The van der Waals surface area contributed by atoms with E-state index in [9.17, 15) is 0 Å². The molecule has 118 valence electrons. The van der Waals surface area contributed by atoms with Gasteiger partial charge in [-0.1, -0.05) is 0 Å². The second-order valence-corrected chi connectivity index (χ2v) is 3.66. The summed E-state index contributed by atoms with van der Waals surface area (Å²) >= 11 is 0. The zero-order valence-electron chi connectivity index (χ0n) is 10.8. The average molecular weight is 498 g/mol. The van der Waals surface area contributed by atoms with Crippen LogP contribution >= 0.6 is 0 Å². The van der Waals surface area contributed by atoms with Crippen molar-refractivity contribution in [3.63, 3.8) is 0 Å². The van der Waals surface area contributed by atoms with Crippen LogP contribution in [0.15, 0.2) is 0 Å². The molecule has 19 heavy (non-hydrogen) atoms. The molecule has 0 heterocycles. The van der Waals surface area contributed by atoms with Gasteiger partial charge < -0.3 is 56.1 Å². The SMILES string of the molecule is CC(=O)[O-].CC(=O)[O-].NC1CCC(N)CC1.[Cl-].[Cl-].[Pt+4]. The smallest absolute Gasteiger partial charge is 1.00 e. The van der Waals surface area contributed by atoms with Gasteiger partial charge in [-0.25, -0.2) is 0 Å². The van der Waals surface area contributed by atoms with Crippen LogP contribution < -0.4 is 46.5 Å². The maximum atomic E-state index is 8.89. The molecule has 1 saturated carbocycles. The Hall–Kier alpha value is 0.128. The van der Waals surface area contributed by atoms with Crippen LogP contribution in [-0.2, 0) is 30.7 Å². The van der Waals surface area contributed by atoms with E-state index in [0.717, 1.165) is 39.5 Å². The number of rotatable bonds is 0. The number of carboxylic acid groups (broad SMARTS) is 2. The minimum Gasteiger partial charge on any atom is -1.00 e. The monoisotopic (exact) mass is 497 g/mol. The minimum absolute atomic E-state index is 0. The second-order valence-electron chi connectivity index (χ2n) is 3.66. The summed E-state index contributed by atoms with van der Waals surface area (Å²) in [6, 6.07) is 0.879. The predicted molar refractivity (Wildman–Crippen MR) is 55.8 cm³/mol. The first-order valence-corrected chi connectivity index (χ1v) is 5.12. The van der Waals surface area contributed by atoms with Crippen LogP contribution in [-0.4, -0.2) is 24.0 Å². The van der Waals surface area contributed by atoms with E-state index in [2.05, 4.69) is 0 Å². The van der Waals surface area contributed by atoms with Crippen molar-refractivity contribution in [3.8, 4) is 0 Å². The molecule has 0 spiro atoms. The van der Waals surface area contributed by atoms with E-state index in [1.165, 1.54) is 0 Å². The summed E-state index contributed by atoms with van der Waals surface area (Å²) in [5.41, 5.74) is 11.3. The number of carbonyl (C=O) groups is 2. The van der Waals surface area contributed by atoms with E-state index in [-0.39, 0.29) is 45.9 Å². The van der Waals surface area contributed by atoms with Gasteiger partial charge in [0.1, 0.15) is 0 Å². The van der Waals surface area contributed by atoms with Gasteiger partial charge in [0.25, 0.3) is 0 Å². The van der Waals surface area contributed by atoms with Crippen molar-refractivity contribution in [1.29, 1.82) is 0 Å². The van der Waals surface area contributed by atoms with Crippen molar-refractivity contribution in [3.05, 3.63) is 0 Å². The molecule has 0 aromatic carbocycles. The number of hydrogen-bond donors (Lipinski definition) is 2. The number of aliphatic carboxylic acids is 2. The molecule has 1 rings (SSSR count). The number of halogens is 2. The van der Waals surface area contributed by atoms with Crippen LogP contribution in [0.5, 0.6) is 0 Å². The van der Waals surface area contributed by atoms with Gasteiger partial charge in [-0.3, -0.25) is 0 Å². The van der Waals surface area contributed by atoms with Crippen LogP contribution in [0.2, 0.25) is 0 Å². The summed E-state index contributed by atoms with van der Waals surface area (Å²) in [6.07, 6.45) is 4.50. The molecule has 0 amide bonds. The third-order valence-corrected chi connectivity index (χ3v) is 1.82. The summed E-state index contributed by atoms with van der Waals surface area (Å²) in [4.78, 5) is 17.8. The summed E-state index contributed by atoms with van der Waals surface area (Å²) in [5.74, 6) is -2.17. The molecule has 1 aliphatic rings. The van der Waals surface area contributed by atoms with Gasteiger partial charge in [-0.2, -0.15) is 0 Å². The van der Waals surface area contributed by atoms with Crippen LogP contribution in [0.4, 0.5) is 0 Å². The Morgan fingerprint density at radius 3 is 1.05 bits per heavy atom. The average Bonchev–Trinajstić information content (AvgIpc) is 2.08. The largest absolute Gasteiger partial charge is 4.00 e. The fourth-order valence-electron chi connectivity index (χ4n) is 1.14. The quantitative estimate of drug-likeness (QED) is 0.341. The first kappa shape index (κ1) is 31.5. The van der Waals surface area contributed by atoms with Crippen LogP contribution in [0.25, 0.3) is 0 Å². The van der Waals surface area contributed by atoms with Crippen molar-refractivity contribution < 1.29 is 65.7 Å². The Balaban J connectivity index is -0.0000000526. The van der Waals surface area contributed by atoms with Gasteiger partial charge in [0.05, 0.1) is 0 Å². The summed E-state index contributed by atoms with van der Waals surface area (Å²) < 4.78 is 0. The third kappa shape index (κ3) is 46.0. The number of nitrogens with two attached hydrogens (primary N) is 2. The van der Waals surface area contributed by atoms with E-state index >= 15 is 0 Å². The van der Waals surface area contributed by atoms with Gasteiger partial charge in [-0.15, -0.1) is 0 Å². The number of carbonyl (C=O) groups excluding carboxylic acids is 2. The molecule has 0 aromatic heterocycles. The Labute approximate surface area is 140 Å². The Morgan fingerprint density at radius 1 is 0.842 bits per heavy atom. The molecule has 0 unspecified atom stereocenters. The summed E-state index contributed by atoms with van der Waals surface area (Å²) in [5, 5.41) is 17.8. The van der Waals surface area contributed by atoms with Crippen molar-refractivity contribution in [2.24, 2.45) is 11.5 Å². The molecular formula is C10H20Cl2N2O4Pt. The zero-order valence-corrected chi connectivity index (χ0v) is 14.6. The van der Waals surface area contributed by atoms with Gasteiger partial charge >= 0.3 is 21.1 Å². The van der Waals surface area contributed by atoms with Crippen molar-refractivity contribution >= 4 is 11.9 Å². The molecule has 0 bridgehead atoms. The van der Waals surface area contributed by atoms with Crippen molar-refractivity contribution in [2.75, 3.05) is 0 Å². The van der Waals surface area contributed by atoms with E-state index < -0.39 is 11.9 Å². The molecule has 4 N–H and O–H groups in total. The predicted octanol–water partition coefficient (Wildman–Crippen LogP) is -8.27. The van der Waals surface area contributed by atoms with E-state index in [1.54, 1.807) is 0 Å². The Kier molecular flexibility index (Phi) is 33.9. The van der Waals surface area contributed by atoms with Gasteiger partial charge in [0, 0.05) is 24.0 Å². The summed E-state index contributed by atoms with van der Waals surface area (Å²) in [7, 11) is 0. The molecule has 0 aliphatic heterocycles. The molecule has 1 fully saturated rings. The normalized spacial score (nSPS) is 19.4. The maximum Gasteiger partial charge on any atom is 4.00 e. The topological polar surface area (TPSA) is 132 Å². The zero-order chi connectivity index (χ0) is 13.1. The van der Waals surface area contributed by atoms with Crippen LogP contribution in [0.3, 0.4) is 0 Å². The summed E-state index contributed by atoms with van der Waals surface area (Å²) in [6.45, 7) is 1.94. The molecular weight excluding hydrogens is 478 g/mol. The molecule has 0 atom stereocenters. The fraction of sp³-hybridized carbons (Fsp3) is 0.800. The van der Waals surface area contributed by atoms with E-state index in [0.29, 0.717) is 12.1 Å². The molecule has 0 aromatic rings. The molecule has 1 aliphatic carbocycles.